The summed E-state index contributed by atoms with van der Waals surface area (Å²) in [6.07, 6.45) is 9.20. The van der Waals surface area contributed by atoms with Gasteiger partial charge in [0.2, 0.25) is 23.6 Å². The van der Waals surface area contributed by atoms with Crippen molar-refractivity contribution in [1.29, 1.82) is 0 Å². The number of carbonyl (C=O) groups excluding carboxylic acids is 4. The fourth-order valence-electron chi connectivity index (χ4n) is 5.54. The Balaban J connectivity index is 1.11. The Morgan fingerprint density at radius 1 is 0.791 bits per heavy atom. The number of thioether (sulfide) groups is 1. The highest BCUT2D eigenvalue weighted by molar-refractivity contribution is 7.99. The average Bonchev–Trinajstić information content (AvgIpc) is 3.80. The summed E-state index contributed by atoms with van der Waals surface area (Å²) in [4.78, 5) is 55.4. The van der Waals surface area contributed by atoms with Crippen molar-refractivity contribution < 1.29 is 19.2 Å². The second-order valence-corrected chi connectivity index (χ2v) is 12.6. The Morgan fingerprint density at radius 3 is 1.77 bits per heavy atom. The maximum absolute atomic E-state index is 13.0. The van der Waals surface area contributed by atoms with Gasteiger partial charge in [0, 0.05) is 29.3 Å². The monoisotopic (exact) mass is 616 g/mol. The van der Waals surface area contributed by atoms with Gasteiger partial charge in [-0.3, -0.25) is 19.2 Å². The lowest BCUT2D eigenvalue weighted by Crippen LogP contribution is -2.43. The molecule has 224 valence electrons. The standard InChI is InChI=1S/C33H36N4O4S2/c1-42-22-31(39)37-19-3-7-29(37)33(41)35-26-16-12-24(13-17-26)9-8-23-10-14-25(15-11-23)34-32(40)28-6-2-18-36(28)30(38)21-27-5-4-20-43-27/h4-5,8-17,20,28-29H,2-3,6-7,18-19,21-22H2,1H3,(H,34,40)(H,35,41)/b9-8+/t28-,29-/m0/s1. The molecule has 2 aromatic carbocycles. The number of hydrogen-bond donors (Lipinski definition) is 2. The van der Waals surface area contributed by atoms with E-state index in [1.807, 2.05) is 84.5 Å². The highest BCUT2D eigenvalue weighted by Gasteiger charge is 2.35. The molecule has 8 nitrogen and oxygen atoms in total. The second-order valence-electron chi connectivity index (χ2n) is 10.7. The Morgan fingerprint density at radius 2 is 1.30 bits per heavy atom. The molecule has 0 saturated carbocycles. The highest BCUT2D eigenvalue weighted by atomic mass is 32.2. The molecular weight excluding hydrogens is 581 g/mol. The van der Waals surface area contributed by atoms with Crippen molar-refractivity contribution in [3.63, 3.8) is 0 Å². The zero-order chi connectivity index (χ0) is 30.2. The normalized spacial score (nSPS) is 18.3. The molecule has 2 saturated heterocycles. The maximum Gasteiger partial charge on any atom is 0.247 e. The van der Waals surface area contributed by atoms with E-state index < -0.39 is 12.1 Å². The molecule has 2 aliphatic rings. The summed E-state index contributed by atoms with van der Waals surface area (Å²) < 4.78 is 0. The number of nitrogens with zero attached hydrogens (tertiary/aromatic N) is 2. The van der Waals surface area contributed by atoms with Crippen molar-refractivity contribution in [2.24, 2.45) is 0 Å². The number of carbonyl (C=O) groups is 4. The van der Waals surface area contributed by atoms with E-state index in [1.54, 1.807) is 21.1 Å². The van der Waals surface area contributed by atoms with Gasteiger partial charge in [-0.15, -0.1) is 11.3 Å². The summed E-state index contributed by atoms with van der Waals surface area (Å²) in [5, 5.41) is 7.88. The van der Waals surface area contributed by atoms with Crippen LogP contribution in [0.3, 0.4) is 0 Å². The van der Waals surface area contributed by atoms with Gasteiger partial charge in [0.05, 0.1) is 12.2 Å². The number of benzene rings is 2. The number of likely N-dealkylation sites (tertiary alicyclic amines) is 2. The fraction of sp³-hybridized carbons (Fsp3) is 0.333. The van der Waals surface area contributed by atoms with Crippen LogP contribution in [0.2, 0.25) is 0 Å². The lowest BCUT2D eigenvalue weighted by atomic mass is 10.1. The molecule has 3 aromatic rings. The molecule has 4 amide bonds. The Hall–Kier alpha value is -3.89. The molecule has 5 rings (SSSR count). The number of hydrogen-bond acceptors (Lipinski definition) is 6. The average molecular weight is 617 g/mol. The van der Waals surface area contributed by atoms with Crippen LogP contribution >= 0.6 is 23.1 Å². The van der Waals surface area contributed by atoms with Crippen LogP contribution in [0, 0.1) is 0 Å². The summed E-state index contributed by atoms with van der Waals surface area (Å²) in [6, 6.07) is 18.2. The topological polar surface area (TPSA) is 98.8 Å². The molecule has 2 fully saturated rings. The first-order valence-electron chi connectivity index (χ1n) is 14.5. The lowest BCUT2D eigenvalue weighted by Gasteiger charge is -2.24. The van der Waals surface area contributed by atoms with Crippen molar-refractivity contribution in [1.82, 2.24) is 9.80 Å². The minimum absolute atomic E-state index is 0.00499. The van der Waals surface area contributed by atoms with E-state index >= 15 is 0 Å². The minimum atomic E-state index is -0.445. The molecule has 2 atom stereocenters. The molecule has 0 radical (unpaired) electrons. The predicted octanol–water partition coefficient (Wildman–Crippen LogP) is 5.38. The lowest BCUT2D eigenvalue weighted by molar-refractivity contribution is -0.136. The van der Waals surface area contributed by atoms with E-state index in [4.69, 9.17) is 0 Å². The van der Waals surface area contributed by atoms with Crippen molar-refractivity contribution in [2.45, 2.75) is 44.2 Å². The summed E-state index contributed by atoms with van der Waals surface area (Å²) in [5.41, 5.74) is 3.33. The minimum Gasteiger partial charge on any atom is -0.330 e. The Bertz CT molecular complexity index is 1460. The van der Waals surface area contributed by atoms with Crippen LogP contribution in [0.4, 0.5) is 11.4 Å². The second kappa shape index (κ2) is 14.5. The van der Waals surface area contributed by atoms with Crippen LogP contribution in [-0.4, -0.2) is 70.6 Å². The van der Waals surface area contributed by atoms with Gasteiger partial charge in [0.15, 0.2) is 0 Å². The van der Waals surface area contributed by atoms with Gasteiger partial charge in [-0.25, -0.2) is 0 Å². The van der Waals surface area contributed by atoms with Crippen molar-refractivity contribution in [2.75, 3.05) is 35.7 Å². The van der Waals surface area contributed by atoms with Crippen molar-refractivity contribution in [3.05, 3.63) is 82.0 Å². The first-order valence-corrected chi connectivity index (χ1v) is 16.8. The van der Waals surface area contributed by atoms with Gasteiger partial charge < -0.3 is 20.4 Å². The predicted molar refractivity (Wildman–Crippen MR) is 175 cm³/mol. The smallest absolute Gasteiger partial charge is 0.247 e. The van der Waals surface area contributed by atoms with Crippen LogP contribution in [0.25, 0.3) is 12.2 Å². The quantitative estimate of drug-likeness (QED) is 0.298. The molecule has 2 N–H and O–H groups in total. The Kier molecular flexibility index (Phi) is 10.3. The summed E-state index contributed by atoms with van der Waals surface area (Å²) in [7, 11) is 0. The van der Waals surface area contributed by atoms with Gasteiger partial charge in [-0.05, 0) is 78.8 Å². The van der Waals surface area contributed by atoms with Crippen LogP contribution in [0.5, 0.6) is 0 Å². The van der Waals surface area contributed by atoms with E-state index in [-0.39, 0.29) is 23.6 Å². The summed E-state index contributed by atoms with van der Waals surface area (Å²) in [5.74, 6) is 0.0981. The summed E-state index contributed by atoms with van der Waals surface area (Å²) >= 11 is 3.02. The van der Waals surface area contributed by atoms with Crippen LogP contribution in [-0.2, 0) is 25.6 Å². The van der Waals surface area contributed by atoms with E-state index in [0.717, 1.165) is 28.8 Å². The van der Waals surface area contributed by atoms with E-state index in [9.17, 15) is 19.2 Å². The third kappa shape index (κ3) is 7.94. The Labute approximate surface area is 260 Å². The first-order chi connectivity index (χ1) is 20.9. The van der Waals surface area contributed by atoms with E-state index in [1.165, 1.54) is 11.8 Å². The van der Waals surface area contributed by atoms with Gasteiger partial charge in [0.1, 0.15) is 12.1 Å². The molecule has 1 aromatic heterocycles. The molecule has 43 heavy (non-hydrogen) atoms. The third-order valence-corrected chi connectivity index (χ3v) is 9.16. The zero-order valence-corrected chi connectivity index (χ0v) is 25.8. The number of nitrogens with one attached hydrogen (secondary N) is 2. The van der Waals surface area contributed by atoms with Crippen LogP contribution < -0.4 is 10.6 Å². The molecule has 10 heteroatoms. The van der Waals surface area contributed by atoms with Gasteiger partial charge >= 0.3 is 0 Å². The summed E-state index contributed by atoms with van der Waals surface area (Å²) in [6.45, 7) is 1.24. The van der Waals surface area contributed by atoms with Crippen LogP contribution in [0.15, 0.2) is 66.0 Å². The van der Waals surface area contributed by atoms with Gasteiger partial charge in [0.25, 0.3) is 0 Å². The maximum atomic E-state index is 13.0. The molecular formula is C33H36N4O4S2. The largest absolute Gasteiger partial charge is 0.330 e. The number of rotatable bonds is 10. The molecule has 0 aliphatic carbocycles. The van der Waals surface area contributed by atoms with Crippen molar-refractivity contribution >= 4 is 70.3 Å². The molecule has 0 spiro atoms. The first kappa shape index (κ1) is 30.6. The number of thiophene rings is 1. The number of anilines is 2. The molecule has 0 bridgehead atoms. The SMILES string of the molecule is CSCC(=O)N1CCC[C@H]1C(=O)Nc1ccc(/C=C/c2ccc(NC(=O)[C@@H]3CCCN3C(=O)Cc3cccs3)cc2)cc1. The number of amides is 4. The van der Waals surface area contributed by atoms with E-state index in [2.05, 4.69) is 10.6 Å². The molecule has 2 aliphatic heterocycles. The zero-order valence-electron chi connectivity index (χ0n) is 24.2. The fourth-order valence-corrected chi connectivity index (χ4v) is 6.65. The van der Waals surface area contributed by atoms with Gasteiger partial charge in [-0.1, -0.05) is 42.5 Å². The molecule has 3 heterocycles. The van der Waals surface area contributed by atoms with Crippen molar-refractivity contribution in [3.8, 4) is 0 Å². The van der Waals surface area contributed by atoms with E-state index in [0.29, 0.717) is 49.5 Å². The van der Waals surface area contributed by atoms with Crippen LogP contribution in [0.1, 0.15) is 41.7 Å². The van der Waals surface area contributed by atoms with Gasteiger partial charge in [-0.2, -0.15) is 11.8 Å². The molecule has 0 unspecified atom stereocenters. The third-order valence-electron chi connectivity index (χ3n) is 7.75. The highest BCUT2D eigenvalue weighted by Crippen LogP contribution is 2.23.